The van der Waals surface area contributed by atoms with Crippen LogP contribution in [0, 0.1) is 11.3 Å². The molecular formula is C14H13N5O4. The van der Waals surface area contributed by atoms with Crippen LogP contribution in [0.25, 0.3) is 11.3 Å². The van der Waals surface area contributed by atoms with Crippen molar-refractivity contribution in [3.63, 3.8) is 0 Å². The van der Waals surface area contributed by atoms with Crippen molar-refractivity contribution in [1.29, 1.82) is 5.26 Å². The highest BCUT2D eigenvalue weighted by Gasteiger charge is 2.18. The fourth-order valence-electron chi connectivity index (χ4n) is 1.87. The highest BCUT2D eigenvalue weighted by Crippen LogP contribution is 2.35. The van der Waals surface area contributed by atoms with Gasteiger partial charge in [0.1, 0.15) is 28.9 Å². The molecule has 0 saturated carbocycles. The van der Waals surface area contributed by atoms with Gasteiger partial charge in [0.15, 0.2) is 0 Å². The summed E-state index contributed by atoms with van der Waals surface area (Å²) in [5.74, 6) is 0.401. The van der Waals surface area contributed by atoms with Crippen LogP contribution in [0.1, 0.15) is 5.56 Å². The topological polar surface area (TPSA) is 146 Å². The van der Waals surface area contributed by atoms with Crippen molar-refractivity contribution in [3.8, 4) is 28.8 Å². The number of nitrogens with two attached hydrogens (primary N) is 2. The Balaban J connectivity index is 2.64. The number of hydrogen-bond donors (Lipinski definition) is 2. The average molecular weight is 315 g/mol. The van der Waals surface area contributed by atoms with Crippen molar-refractivity contribution in [2.24, 2.45) is 0 Å². The standard InChI is InChI=1S/C14H13N5O4/c1-21-10-4-3-7(23-14(20)22-2)5-8(10)11-9(6-15)12(16)19-13(17)18-11/h3-5H,1-2H3,(H4,16,17,18,19). The van der Waals surface area contributed by atoms with Gasteiger partial charge >= 0.3 is 6.16 Å². The van der Waals surface area contributed by atoms with E-state index < -0.39 is 6.16 Å². The maximum Gasteiger partial charge on any atom is 0.513 e. The van der Waals surface area contributed by atoms with Crippen LogP contribution in [0.4, 0.5) is 16.6 Å². The molecule has 0 aliphatic heterocycles. The fraction of sp³-hybridized carbons (Fsp3) is 0.143. The molecule has 0 atom stereocenters. The zero-order chi connectivity index (χ0) is 17.0. The number of nitrogens with zero attached hydrogens (tertiary/aromatic N) is 3. The quantitative estimate of drug-likeness (QED) is 0.632. The van der Waals surface area contributed by atoms with E-state index in [2.05, 4.69) is 14.7 Å². The fourth-order valence-corrected chi connectivity index (χ4v) is 1.87. The van der Waals surface area contributed by atoms with Gasteiger partial charge in [-0.3, -0.25) is 0 Å². The van der Waals surface area contributed by atoms with Crippen molar-refractivity contribution in [1.82, 2.24) is 9.97 Å². The van der Waals surface area contributed by atoms with Gasteiger partial charge in [0.2, 0.25) is 5.95 Å². The Bertz CT molecular complexity index is 800. The van der Waals surface area contributed by atoms with Gasteiger partial charge in [-0.2, -0.15) is 10.2 Å². The molecule has 0 bridgehead atoms. The van der Waals surface area contributed by atoms with E-state index in [-0.39, 0.29) is 28.8 Å². The predicted molar refractivity (Wildman–Crippen MR) is 80.6 cm³/mol. The molecular weight excluding hydrogens is 302 g/mol. The van der Waals surface area contributed by atoms with E-state index in [1.807, 2.05) is 6.07 Å². The first-order valence-corrected chi connectivity index (χ1v) is 6.27. The summed E-state index contributed by atoms with van der Waals surface area (Å²) in [6.45, 7) is 0. The van der Waals surface area contributed by atoms with E-state index in [0.29, 0.717) is 11.3 Å². The first-order valence-electron chi connectivity index (χ1n) is 6.27. The van der Waals surface area contributed by atoms with E-state index in [9.17, 15) is 10.1 Å². The highest BCUT2D eigenvalue weighted by molar-refractivity contribution is 5.78. The van der Waals surface area contributed by atoms with E-state index in [1.165, 1.54) is 26.4 Å². The van der Waals surface area contributed by atoms with Gasteiger partial charge in [0, 0.05) is 5.56 Å². The molecule has 4 N–H and O–H groups in total. The lowest BCUT2D eigenvalue weighted by atomic mass is 10.1. The number of carbonyl (C=O) groups is 1. The molecule has 1 heterocycles. The molecule has 2 rings (SSSR count). The number of hydrogen-bond acceptors (Lipinski definition) is 9. The first-order chi connectivity index (χ1) is 11.0. The number of methoxy groups -OCH3 is 2. The molecule has 1 aromatic heterocycles. The van der Waals surface area contributed by atoms with Crippen LogP contribution < -0.4 is 20.9 Å². The van der Waals surface area contributed by atoms with Crippen LogP contribution in [-0.2, 0) is 4.74 Å². The summed E-state index contributed by atoms with van der Waals surface area (Å²) in [4.78, 5) is 19.0. The van der Waals surface area contributed by atoms with Crippen LogP contribution in [0.3, 0.4) is 0 Å². The summed E-state index contributed by atoms with van der Waals surface area (Å²) in [5, 5.41) is 9.27. The third-order valence-corrected chi connectivity index (χ3v) is 2.86. The number of anilines is 2. The lowest BCUT2D eigenvalue weighted by Gasteiger charge is -2.12. The van der Waals surface area contributed by atoms with Crippen LogP contribution in [-0.4, -0.2) is 30.3 Å². The van der Waals surface area contributed by atoms with Gasteiger partial charge in [-0.05, 0) is 18.2 Å². The number of nitrogen functional groups attached to an aromatic ring is 2. The monoisotopic (exact) mass is 315 g/mol. The third-order valence-electron chi connectivity index (χ3n) is 2.86. The number of benzene rings is 1. The zero-order valence-corrected chi connectivity index (χ0v) is 12.4. The van der Waals surface area contributed by atoms with Crippen LogP contribution in [0.5, 0.6) is 11.5 Å². The Morgan fingerprint density at radius 1 is 1.26 bits per heavy atom. The molecule has 0 aliphatic rings. The molecule has 9 nitrogen and oxygen atoms in total. The van der Waals surface area contributed by atoms with Crippen LogP contribution in [0.2, 0.25) is 0 Å². The summed E-state index contributed by atoms with van der Waals surface area (Å²) < 4.78 is 14.6. The summed E-state index contributed by atoms with van der Waals surface area (Å²) in [5.41, 5.74) is 11.9. The lowest BCUT2D eigenvalue weighted by Crippen LogP contribution is -2.08. The number of rotatable bonds is 3. The van der Waals surface area contributed by atoms with Gasteiger partial charge in [-0.15, -0.1) is 0 Å². The minimum Gasteiger partial charge on any atom is -0.496 e. The smallest absolute Gasteiger partial charge is 0.496 e. The van der Waals surface area contributed by atoms with E-state index >= 15 is 0 Å². The highest BCUT2D eigenvalue weighted by atomic mass is 16.7. The third kappa shape index (κ3) is 3.21. The molecule has 0 fully saturated rings. The number of carbonyl (C=O) groups excluding carboxylic acids is 1. The molecule has 0 amide bonds. The number of ether oxygens (including phenoxy) is 3. The molecule has 23 heavy (non-hydrogen) atoms. The molecule has 0 saturated heterocycles. The second-order valence-corrected chi connectivity index (χ2v) is 4.22. The maximum atomic E-state index is 11.2. The van der Waals surface area contributed by atoms with E-state index in [0.717, 1.165) is 0 Å². The molecule has 118 valence electrons. The second kappa shape index (κ2) is 6.48. The molecule has 0 unspecified atom stereocenters. The number of nitriles is 1. The summed E-state index contributed by atoms with van der Waals surface area (Å²) in [6, 6.07) is 6.42. The second-order valence-electron chi connectivity index (χ2n) is 4.22. The summed E-state index contributed by atoms with van der Waals surface area (Å²) >= 11 is 0. The van der Waals surface area contributed by atoms with Gasteiger partial charge in [0.05, 0.1) is 19.9 Å². The SMILES string of the molecule is COC(=O)Oc1ccc(OC)c(-c2nc(N)nc(N)c2C#N)c1. The van der Waals surface area contributed by atoms with E-state index in [4.69, 9.17) is 20.9 Å². The minimum atomic E-state index is -0.886. The number of aromatic nitrogens is 2. The first kappa shape index (κ1) is 15.8. The molecule has 2 aromatic rings. The van der Waals surface area contributed by atoms with Crippen LogP contribution in [0.15, 0.2) is 18.2 Å². The molecule has 0 radical (unpaired) electrons. The molecule has 1 aromatic carbocycles. The normalized spacial score (nSPS) is 9.78. The largest absolute Gasteiger partial charge is 0.513 e. The zero-order valence-electron chi connectivity index (χ0n) is 12.4. The van der Waals surface area contributed by atoms with Crippen molar-refractivity contribution >= 4 is 17.9 Å². The average Bonchev–Trinajstić information content (AvgIpc) is 2.54. The van der Waals surface area contributed by atoms with E-state index in [1.54, 1.807) is 6.07 Å². The van der Waals surface area contributed by atoms with Gasteiger partial charge in [-0.25, -0.2) is 9.78 Å². The van der Waals surface area contributed by atoms with Crippen molar-refractivity contribution in [3.05, 3.63) is 23.8 Å². The van der Waals surface area contributed by atoms with Crippen molar-refractivity contribution in [2.75, 3.05) is 25.7 Å². The molecule has 0 aliphatic carbocycles. The Morgan fingerprint density at radius 2 is 2.00 bits per heavy atom. The van der Waals surface area contributed by atoms with Crippen molar-refractivity contribution < 1.29 is 19.0 Å². The van der Waals surface area contributed by atoms with Crippen LogP contribution >= 0.6 is 0 Å². The predicted octanol–water partition coefficient (Wildman–Crippen LogP) is 1.33. The Kier molecular flexibility index (Phi) is 4.47. The van der Waals surface area contributed by atoms with Crippen molar-refractivity contribution in [2.45, 2.75) is 0 Å². The van der Waals surface area contributed by atoms with Gasteiger partial charge in [-0.1, -0.05) is 0 Å². The van der Waals surface area contributed by atoms with Gasteiger partial charge in [0.25, 0.3) is 0 Å². The Labute approximate surface area is 131 Å². The lowest BCUT2D eigenvalue weighted by molar-refractivity contribution is 0.121. The molecule has 9 heteroatoms. The Morgan fingerprint density at radius 3 is 2.61 bits per heavy atom. The minimum absolute atomic E-state index is 0.0349. The Hall–Kier alpha value is -3.54. The maximum absolute atomic E-state index is 11.2. The summed E-state index contributed by atoms with van der Waals surface area (Å²) in [6.07, 6.45) is -0.886. The summed E-state index contributed by atoms with van der Waals surface area (Å²) in [7, 11) is 2.63. The molecule has 0 spiro atoms. The van der Waals surface area contributed by atoms with Gasteiger partial charge < -0.3 is 25.7 Å².